The highest BCUT2D eigenvalue weighted by Gasteiger charge is 2.25. The maximum absolute atomic E-state index is 12.8. The Balaban J connectivity index is 2.00. The minimum Gasteiger partial charge on any atom is -0.497 e. The molecule has 1 aliphatic heterocycles. The van der Waals surface area contributed by atoms with Gasteiger partial charge in [0.05, 0.1) is 26.9 Å². The summed E-state index contributed by atoms with van der Waals surface area (Å²) in [7, 11) is 4.15. The van der Waals surface area contributed by atoms with Crippen LogP contribution in [0.5, 0.6) is 28.7 Å². The van der Waals surface area contributed by atoms with Crippen molar-refractivity contribution in [2.45, 2.75) is 6.61 Å². The van der Waals surface area contributed by atoms with Crippen molar-refractivity contribution in [3.05, 3.63) is 47.0 Å². The minimum absolute atomic E-state index is 0.0535. The maximum atomic E-state index is 12.8. The molecule has 1 heterocycles. The fraction of sp³-hybridized carbons (Fsp3) is 0.250. The van der Waals surface area contributed by atoms with E-state index in [0.29, 0.717) is 28.2 Å². The van der Waals surface area contributed by atoms with Gasteiger partial charge in [-0.05, 0) is 42.0 Å². The van der Waals surface area contributed by atoms with Gasteiger partial charge in [0.15, 0.2) is 17.3 Å². The lowest BCUT2D eigenvalue weighted by atomic mass is 9.98. The number of ketones is 1. The molecule has 0 saturated heterocycles. The molecule has 0 spiro atoms. The maximum Gasteiger partial charge on any atom is 0.387 e. The quantitative estimate of drug-likeness (QED) is 0.693. The van der Waals surface area contributed by atoms with Crippen LogP contribution in [-0.2, 0) is 0 Å². The Morgan fingerprint density at radius 2 is 1.71 bits per heavy atom. The van der Waals surface area contributed by atoms with Crippen molar-refractivity contribution < 1.29 is 37.3 Å². The second-order valence-electron chi connectivity index (χ2n) is 5.78. The highest BCUT2D eigenvalue weighted by atomic mass is 19.3. The van der Waals surface area contributed by atoms with Gasteiger partial charge in [-0.15, -0.1) is 0 Å². The smallest absolute Gasteiger partial charge is 0.387 e. The van der Waals surface area contributed by atoms with Crippen LogP contribution in [-0.4, -0.2) is 40.3 Å². The average Bonchev–Trinajstić information content (AvgIpc) is 2.70. The fourth-order valence-electron chi connectivity index (χ4n) is 2.83. The number of hydrogen-bond acceptors (Lipinski definition) is 6. The predicted octanol–water partition coefficient (Wildman–Crippen LogP) is 3.97. The first kappa shape index (κ1) is 19.5. The van der Waals surface area contributed by atoms with Crippen molar-refractivity contribution >= 4 is 11.9 Å². The van der Waals surface area contributed by atoms with E-state index < -0.39 is 6.61 Å². The molecule has 0 bridgehead atoms. The summed E-state index contributed by atoms with van der Waals surface area (Å²) < 4.78 is 50.9. The first-order chi connectivity index (χ1) is 13.5. The largest absolute Gasteiger partial charge is 0.497 e. The van der Waals surface area contributed by atoms with Gasteiger partial charge in [-0.25, -0.2) is 0 Å². The van der Waals surface area contributed by atoms with Crippen LogP contribution in [0.15, 0.2) is 35.9 Å². The molecular formula is C20H18F2O6. The molecule has 0 amide bonds. The standard InChI is InChI=1S/C20H18F2O6/c1-24-13-4-5-15-14(9-13)18(23)12(10-27-15)6-11-7-16(25-2)19(28-20(21)22)17(8-11)26-3/h4-9,20H,10H2,1-3H3. The van der Waals surface area contributed by atoms with Gasteiger partial charge in [0.2, 0.25) is 5.75 Å². The molecule has 0 saturated carbocycles. The highest BCUT2D eigenvalue weighted by molar-refractivity contribution is 6.14. The number of ether oxygens (including phenoxy) is 5. The van der Waals surface area contributed by atoms with Crippen molar-refractivity contribution in [1.29, 1.82) is 0 Å². The molecule has 148 valence electrons. The summed E-state index contributed by atoms with van der Waals surface area (Å²) in [6, 6.07) is 7.93. The summed E-state index contributed by atoms with van der Waals surface area (Å²) in [6.45, 7) is -2.97. The van der Waals surface area contributed by atoms with Crippen molar-refractivity contribution in [3.63, 3.8) is 0 Å². The predicted molar refractivity (Wildman–Crippen MR) is 97.0 cm³/mol. The fourth-order valence-corrected chi connectivity index (χ4v) is 2.83. The number of carbonyl (C=O) groups excluding carboxylic acids is 1. The highest BCUT2D eigenvalue weighted by Crippen LogP contribution is 2.40. The molecule has 1 aliphatic rings. The van der Waals surface area contributed by atoms with E-state index in [0.717, 1.165) is 0 Å². The summed E-state index contributed by atoms with van der Waals surface area (Å²) in [5.41, 5.74) is 1.27. The number of halogens is 2. The van der Waals surface area contributed by atoms with E-state index in [1.54, 1.807) is 24.3 Å². The second kappa shape index (κ2) is 8.16. The zero-order chi connectivity index (χ0) is 20.3. The van der Waals surface area contributed by atoms with E-state index in [-0.39, 0.29) is 29.6 Å². The molecule has 3 rings (SSSR count). The molecule has 0 fully saturated rings. The van der Waals surface area contributed by atoms with E-state index in [4.69, 9.17) is 18.9 Å². The first-order valence-corrected chi connectivity index (χ1v) is 8.23. The summed E-state index contributed by atoms with van der Waals surface area (Å²) in [5.74, 6) is 0.678. The third-order valence-corrected chi connectivity index (χ3v) is 4.14. The molecule has 2 aromatic rings. The zero-order valence-electron chi connectivity index (χ0n) is 15.5. The minimum atomic E-state index is -3.04. The third kappa shape index (κ3) is 3.85. The molecule has 28 heavy (non-hydrogen) atoms. The van der Waals surface area contributed by atoms with E-state index in [9.17, 15) is 13.6 Å². The molecule has 0 unspecified atom stereocenters. The Kier molecular flexibility index (Phi) is 5.67. The number of methoxy groups -OCH3 is 3. The average molecular weight is 392 g/mol. The third-order valence-electron chi connectivity index (χ3n) is 4.14. The van der Waals surface area contributed by atoms with Crippen LogP contribution in [0.4, 0.5) is 8.78 Å². The number of Topliss-reactive ketones (excluding diaryl/α,β-unsaturated/α-hetero) is 1. The number of hydrogen-bond donors (Lipinski definition) is 0. The number of carbonyl (C=O) groups is 1. The zero-order valence-corrected chi connectivity index (χ0v) is 15.5. The van der Waals surface area contributed by atoms with Crippen LogP contribution in [0.25, 0.3) is 6.08 Å². The van der Waals surface area contributed by atoms with Gasteiger partial charge in [0.25, 0.3) is 0 Å². The molecule has 0 radical (unpaired) electrons. The van der Waals surface area contributed by atoms with Gasteiger partial charge in [-0.2, -0.15) is 8.78 Å². The summed E-state index contributed by atoms with van der Waals surface area (Å²) in [5, 5.41) is 0. The van der Waals surface area contributed by atoms with Crippen LogP contribution < -0.4 is 23.7 Å². The molecule has 0 aromatic heterocycles. The molecule has 0 atom stereocenters. The molecular weight excluding hydrogens is 374 g/mol. The molecule has 8 heteroatoms. The van der Waals surface area contributed by atoms with Crippen LogP contribution in [0, 0.1) is 0 Å². The molecule has 6 nitrogen and oxygen atoms in total. The lowest BCUT2D eigenvalue weighted by Gasteiger charge is -2.20. The van der Waals surface area contributed by atoms with Crippen LogP contribution in [0.3, 0.4) is 0 Å². The molecule has 0 aliphatic carbocycles. The second-order valence-corrected chi connectivity index (χ2v) is 5.78. The van der Waals surface area contributed by atoms with Crippen molar-refractivity contribution in [3.8, 4) is 28.7 Å². The van der Waals surface area contributed by atoms with Crippen molar-refractivity contribution in [1.82, 2.24) is 0 Å². The van der Waals surface area contributed by atoms with E-state index in [1.165, 1.54) is 33.5 Å². The SMILES string of the molecule is COc1ccc2c(c1)C(=O)C(=Cc1cc(OC)c(OC(F)F)c(OC)c1)CO2. The Bertz CT molecular complexity index is 898. The van der Waals surface area contributed by atoms with Crippen LogP contribution in [0.2, 0.25) is 0 Å². The number of rotatable bonds is 6. The summed E-state index contributed by atoms with van der Waals surface area (Å²) >= 11 is 0. The van der Waals surface area contributed by atoms with E-state index in [2.05, 4.69) is 4.74 Å². The number of fused-ring (bicyclic) bond motifs is 1. The Morgan fingerprint density at radius 3 is 2.29 bits per heavy atom. The van der Waals surface area contributed by atoms with Gasteiger partial charge in [0, 0.05) is 5.57 Å². The monoisotopic (exact) mass is 392 g/mol. The van der Waals surface area contributed by atoms with Crippen LogP contribution >= 0.6 is 0 Å². The Morgan fingerprint density at radius 1 is 1.04 bits per heavy atom. The Labute approximate surface area is 160 Å². The lowest BCUT2D eigenvalue weighted by Crippen LogP contribution is -2.19. The number of alkyl halides is 2. The Hall–Kier alpha value is -3.29. The van der Waals surface area contributed by atoms with Crippen LogP contribution in [0.1, 0.15) is 15.9 Å². The summed E-state index contributed by atoms with van der Waals surface area (Å²) in [6.07, 6.45) is 1.59. The molecule has 2 aromatic carbocycles. The van der Waals surface area contributed by atoms with Gasteiger partial charge in [0.1, 0.15) is 18.1 Å². The van der Waals surface area contributed by atoms with Gasteiger partial charge >= 0.3 is 6.61 Å². The van der Waals surface area contributed by atoms with E-state index >= 15 is 0 Å². The van der Waals surface area contributed by atoms with Gasteiger partial charge in [-0.3, -0.25) is 4.79 Å². The van der Waals surface area contributed by atoms with E-state index in [1.807, 2.05) is 0 Å². The number of benzene rings is 2. The lowest BCUT2D eigenvalue weighted by molar-refractivity contribution is -0.0526. The first-order valence-electron chi connectivity index (χ1n) is 8.23. The van der Waals surface area contributed by atoms with Crippen molar-refractivity contribution in [2.24, 2.45) is 0 Å². The normalized spacial score (nSPS) is 14.5. The molecule has 0 N–H and O–H groups in total. The van der Waals surface area contributed by atoms with Gasteiger partial charge < -0.3 is 23.7 Å². The topological polar surface area (TPSA) is 63.2 Å². The van der Waals surface area contributed by atoms with Gasteiger partial charge in [-0.1, -0.05) is 0 Å². The van der Waals surface area contributed by atoms with Crippen molar-refractivity contribution in [2.75, 3.05) is 27.9 Å². The summed E-state index contributed by atoms with van der Waals surface area (Å²) in [4.78, 5) is 12.8.